The van der Waals surface area contributed by atoms with Gasteiger partial charge in [-0.15, -0.1) is 11.3 Å². The molecule has 0 aliphatic carbocycles. The molecule has 2 N–H and O–H groups in total. The maximum atomic E-state index is 12.3. The third-order valence-electron chi connectivity index (χ3n) is 4.54. The van der Waals surface area contributed by atoms with Gasteiger partial charge in [-0.25, -0.2) is 4.79 Å². The van der Waals surface area contributed by atoms with E-state index in [4.69, 9.17) is 15.2 Å². The Balaban J connectivity index is 1.52. The van der Waals surface area contributed by atoms with E-state index < -0.39 is 18.1 Å². The molecular weight excluding hydrogens is 370 g/mol. The van der Waals surface area contributed by atoms with Gasteiger partial charge in [-0.2, -0.15) is 0 Å². The lowest BCUT2D eigenvalue weighted by Crippen LogP contribution is -2.41. The number of nitrogens with zero attached hydrogens (tertiary/aromatic N) is 2. The van der Waals surface area contributed by atoms with Crippen molar-refractivity contribution in [3.63, 3.8) is 0 Å². The van der Waals surface area contributed by atoms with Crippen molar-refractivity contribution < 1.29 is 23.9 Å². The second-order valence-corrected chi connectivity index (χ2v) is 7.08. The molecule has 3 amide bonds. The van der Waals surface area contributed by atoms with Crippen molar-refractivity contribution in [2.75, 3.05) is 36.1 Å². The molecule has 0 radical (unpaired) electrons. The average Bonchev–Trinajstić information content (AvgIpc) is 3.29. The summed E-state index contributed by atoms with van der Waals surface area (Å²) < 4.78 is 10.6. The molecule has 1 aromatic carbocycles. The number of nitrogens with two attached hydrogens (primary N) is 1. The summed E-state index contributed by atoms with van der Waals surface area (Å²) in [6.07, 6.45) is -1.04. The molecule has 140 valence electrons. The van der Waals surface area contributed by atoms with Crippen LogP contribution < -0.4 is 15.5 Å². The van der Waals surface area contributed by atoms with E-state index in [1.807, 2.05) is 0 Å². The number of hydrogen-bond acceptors (Lipinski definition) is 6. The van der Waals surface area contributed by atoms with Gasteiger partial charge in [-0.05, 0) is 35.7 Å². The predicted octanol–water partition coefficient (Wildman–Crippen LogP) is 1.91. The lowest BCUT2D eigenvalue weighted by Gasteiger charge is -2.27. The summed E-state index contributed by atoms with van der Waals surface area (Å²) >= 11 is 1.23. The summed E-state index contributed by atoms with van der Waals surface area (Å²) in [5.74, 6) is -0.625. The van der Waals surface area contributed by atoms with Crippen molar-refractivity contribution in [1.29, 1.82) is 0 Å². The molecule has 2 aliphatic rings. The second-order valence-electron chi connectivity index (χ2n) is 6.17. The maximum Gasteiger partial charge on any atom is 0.415 e. The molecule has 3 heterocycles. The zero-order valence-corrected chi connectivity index (χ0v) is 15.1. The zero-order valence-electron chi connectivity index (χ0n) is 14.3. The molecule has 2 aromatic rings. The monoisotopic (exact) mass is 387 g/mol. The Labute approximate surface area is 159 Å². The number of morpholine rings is 1. The first kappa shape index (κ1) is 17.5. The Kier molecular flexibility index (Phi) is 4.54. The van der Waals surface area contributed by atoms with E-state index in [1.165, 1.54) is 16.2 Å². The normalized spacial score (nSPS) is 20.1. The van der Waals surface area contributed by atoms with Crippen molar-refractivity contribution in [2.24, 2.45) is 5.73 Å². The number of primary amides is 1. The van der Waals surface area contributed by atoms with E-state index in [1.54, 1.807) is 40.6 Å². The Hall–Kier alpha value is -2.91. The summed E-state index contributed by atoms with van der Waals surface area (Å²) in [6.45, 7) is 1.35. The minimum atomic E-state index is -0.549. The van der Waals surface area contributed by atoms with Crippen molar-refractivity contribution in [3.8, 4) is 0 Å². The fraction of sp³-hybridized carbons (Fsp3) is 0.278. The molecule has 0 saturated carbocycles. The van der Waals surface area contributed by atoms with Crippen LogP contribution in [0.2, 0.25) is 0 Å². The highest BCUT2D eigenvalue weighted by Gasteiger charge is 2.35. The van der Waals surface area contributed by atoms with Crippen LogP contribution in [0.1, 0.15) is 21.3 Å². The first-order chi connectivity index (χ1) is 13.0. The number of benzene rings is 1. The van der Waals surface area contributed by atoms with E-state index in [9.17, 15) is 14.4 Å². The Morgan fingerprint density at radius 1 is 1.11 bits per heavy atom. The molecule has 2 aliphatic heterocycles. The molecule has 2 saturated heterocycles. The van der Waals surface area contributed by atoms with E-state index >= 15 is 0 Å². The fourth-order valence-electron chi connectivity index (χ4n) is 3.21. The van der Waals surface area contributed by atoms with Gasteiger partial charge in [0, 0.05) is 23.5 Å². The third kappa shape index (κ3) is 3.26. The van der Waals surface area contributed by atoms with Crippen molar-refractivity contribution >= 4 is 40.6 Å². The third-order valence-corrected chi connectivity index (χ3v) is 5.48. The number of cyclic esters (lactones) is 1. The Bertz CT molecular complexity index is 895. The number of carbonyl (C=O) groups excluding carboxylic acids is 3. The van der Waals surface area contributed by atoms with Gasteiger partial charge in [-0.1, -0.05) is 0 Å². The average molecular weight is 387 g/mol. The van der Waals surface area contributed by atoms with Gasteiger partial charge in [0.15, 0.2) is 0 Å². The number of anilines is 2. The highest BCUT2D eigenvalue weighted by molar-refractivity contribution is 7.12. The summed E-state index contributed by atoms with van der Waals surface area (Å²) in [6, 6.07) is 8.87. The molecule has 9 heteroatoms. The summed E-state index contributed by atoms with van der Waals surface area (Å²) in [5.41, 5.74) is 7.42. The van der Waals surface area contributed by atoms with Gasteiger partial charge >= 0.3 is 6.09 Å². The van der Waals surface area contributed by atoms with E-state index in [0.29, 0.717) is 29.3 Å². The largest absolute Gasteiger partial charge is 0.439 e. The second kappa shape index (κ2) is 7.01. The van der Waals surface area contributed by atoms with Crippen LogP contribution in [-0.2, 0) is 14.3 Å². The highest BCUT2D eigenvalue weighted by Crippen LogP contribution is 2.34. The van der Waals surface area contributed by atoms with Gasteiger partial charge in [-0.3, -0.25) is 14.5 Å². The molecule has 0 spiro atoms. The van der Waals surface area contributed by atoms with Gasteiger partial charge in [0.25, 0.3) is 11.8 Å². The minimum Gasteiger partial charge on any atom is -0.439 e. The van der Waals surface area contributed by atoms with Crippen LogP contribution in [0.5, 0.6) is 0 Å². The molecule has 1 atom stereocenters. The smallest absolute Gasteiger partial charge is 0.415 e. The Morgan fingerprint density at radius 3 is 2.48 bits per heavy atom. The molecule has 0 unspecified atom stereocenters. The SMILES string of the molecule is NC(=O)c1sccc1[C@H]1CN(c2ccc(N3CCOCC3=O)cc2)C(=O)O1. The number of carbonyl (C=O) groups is 3. The summed E-state index contributed by atoms with van der Waals surface area (Å²) in [7, 11) is 0. The lowest BCUT2D eigenvalue weighted by molar-refractivity contribution is -0.125. The first-order valence-electron chi connectivity index (χ1n) is 8.38. The van der Waals surface area contributed by atoms with Gasteiger partial charge in [0.2, 0.25) is 0 Å². The standard InChI is InChI=1S/C18H17N3O5S/c19-17(23)16-13(5-8-27-16)14-9-21(18(24)26-14)12-3-1-11(2-4-12)20-6-7-25-10-15(20)22/h1-5,8,14H,6-7,9-10H2,(H2,19,23)/t14-/m1/s1. The van der Waals surface area contributed by atoms with E-state index in [2.05, 4.69) is 0 Å². The number of amides is 3. The fourth-order valence-corrected chi connectivity index (χ4v) is 4.01. The van der Waals surface area contributed by atoms with E-state index in [0.717, 1.165) is 5.69 Å². The van der Waals surface area contributed by atoms with Crippen LogP contribution in [-0.4, -0.2) is 44.2 Å². The number of thiophene rings is 1. The topological polar surface area (TPSA) is 102 Å². The molecular formula is C18H17N3O5S. The van der Waals surface area contributed by atoms with Crippen molar-refractivity contribution in [1.82, 2.24) is 0 Å². The predicted molar refractivity (Wildman–Crippen MR) is 99.0 cm³/mol. The first-order valence-corrected chi connectivity index (χ1v) is 9.26. The zero-order chi connectivity index (χ0) is 19.0. The molecule has 0 bridgehead atoms. The molecule has 8 nitrogen and oxygen atoms in total. The van der Waals surface area contributed by atoms with E-state index in [-0.39, 0.29) is 19.1 Å². The Morgan fingerprint density at radius 2 is 1.81 bits per heavy atom. The van der Waals surface area contributed by atoms with Crippen LogP contribution in [0.3, 0.4) is 0 Å². The van der Waals surface area contributed by atoms with Crippen LogP contribution >= 0.6 is 11.3 Å². The van der Waals surface area contributed by atoms with Crippen LogP contribution in [0, 0.1) is 0 Å². The van der Waals surface area contributed by atoms with Gasteiger partial charge in [0.1, 0.15) is 12.7 Å². The van der Waals surface area contributed by atoms with Crippen molar-refractivity contribution in [2.45, 2.75) is 6.10 Å². The highest BCUT2D eigenvalue weighted by atomic mass is 32.1. The lowest BCUT2D eigenvalue weighted by atomic mass is 10.1. The maximum absolute atomic E-state index is 12.3. The molecule has 1 aromatic heterocycles. The van der Waals surface area contributed by atoms with Crippen LogP contribution in [0.25, 0.3) is 0 Å². The van der Waals surface area contributed by atoms with Gasteiger partial charge < -0.3 is 20.1 Å². The summed E-state index contributed by atoms with van der Waals surface area (Å²) in [5, 5.41) is 1.75. The molecule has 27 heavy (non-hydrogen) atoms. The quantitative estimate of drug-likeness (QED) is 0.863. The number of rotatable bonds is 4. The summed E-state index contributed by atoms with van der Waals surface area (Å²) in [4.78, 5) is 39.3. The molecule has 2 fully saturated rings. The van der Waals surface area contributed by atoms with Crippen LogP contribution in [0.15, 0.2) is 35.7 Å². The van der Waals surface area contributed by atoms with Crippen LogP contribution in [0.4, 0.5) is 16.2 Å². The minimum absolute atomic E-state index is 0.0741. The van der Waals surface area contributed by atoms with Crippen molar-refractivity contribution in [3.05, 3.63) is 46.2 Å². The molecule has 4 rings (SSSR count). The van der Waals surface area contributed by atoms with Gasteiger partial charge in [0.05, 0.1) is 18.0 Å². The number of ether oxygens (including phenoxy) is 2. The number of hydrogen-bond donors (Lipinski definition) is 1.